The first-order valence-corrected chi connectivity index (χ1v) is 9.15. The van der Waals surface area contributed by atoms with Gasteiger partial charge in [0.15, 0.2) is 5.82 Å². The molecule has 3 heterocycles. The summed E-state index contributed by atoms with van der Waals surface area (Å²) in [5.74, 6) is 1.96. The molecule has 2 aliphatic rings. The van der Waals surface area contributed by atoms with E-state index >= 15 is 0 Å². The Labute approximate surface area is 153 Å². The number of nitrogens with zero attached hydrogens (tertiary/aromatic N) is 3. The van der Waals surface area contributed by atoms with Gasteiger partial charge < -0.3 is 20.1 Å². The van der Waals surface area contributed by atoms with Crippen LogP contribution in [0.2, 0.25) is 0 Å². The number of ether oxygens (including phenoxy) is 1. The highest BCUT2D eigenvalue weighted by Gasteiger charge is 2.19. The summed E-state index contributed by atoms with van der Waals surface area (Å²) in [6, 6.07) is 9.92. The molecule has 0 amide bonds. The molecule has 1 aromatic heterocycles. The Morgan fingerprint density at radius 1 is 1.19 bits per heavy atom. The molecule has 1 saturated heterocycles. The van der Waals surface area contributed by atoms with Crippen molar-refractivity contribution in [2.24, 2.45) is 0 Å². The van der Waals surface area contributed by atoms with Crippen LogP contribution in [0.5, 0.6) is 0 Å². The Morgan fingerprint density at radius 2 is 2.08 bits per heavy atom. The molecule has 6 heteroatoms. The van der Waals surface area contributed by atoms with Crippen molar-refractivity contribution in [3.63, 3.8) is 0 Å². The number of nitrogens with one attached hydrogen (secondary N) is 1. The first-order chi connectivity index (χ1) is 12.8. The van der Waals surface area contributed by atoms with Crippen LogP contribution in [0.15, 0.2) is 42.6 Å². The van der Waals surface area contributed by atoms with E-state index in [-0.39, 0.29) is 6.61 Å². The first-order valence-electron chi connectivity index (χ1n) is 9.15. The van der Waals surface area contributed by atoms with Gasteiger partial charge in [0, 0.05) is 37.2 Å². The van der Waals surface area contributed by atoms with Crippen molar-refractivity contribution in [1.82, 2.24) is 15.3 Å². The maximum Gasteiger partial charge on any atom is 0.161 e. The Bertz CT molecular complexity index is 787. The summed E-state index contributed by atoms with van der Waals surface area (Å²) in [6.45, 7) is 4.10. The second-order valence-electron chi connectivity index (χ2n) is 6.64. The number of aromatic nitrogens is 2. The molecule has 26 heavy (non-hydrogen) atoms. The number of benzene rings is 1. The van der Waals surface area contributed by atoms with E-state index in [0.29, 0.717) is 11.7 Å². The summed E-state index contributed by atoms with van der Waals surface area (Å²) in [5.41, 5.74) is 2.85. The Kier molecular flexibility index (Phi) is 5.13. The monoisotopic (exact) mass is 352 g/mol. The number of allylic oxidation sites excluding steroid dienone is 1. The summed E-state index contributed by atoms with van der Waals surface area (Å²) < 4.78 is 5.48. The van der Waals surface area contributed by atoms with Crippen LogP contribution in [0, 0.1) is 0 Å². The molecule has 2 aliphatic heterocycles. The molecular weight excluding hydrogens is 328 g/mol. The molecule has 1 aromatic carbocycles. The summed E-state index contributed by atoms with van der Waals surface area (Å²) in [4.78, 5) is 12.0. The van der Waals surface area contributed by atoms with E-state index in [9.17, 15) is 5.11 Å². The van der Waals surface area contributed by atoms with Gasteiger partial charge in [-0.05, 0) is 24.3 Å². The fourth-order valence-electron chi connectivity index (χ4n) is 3.38. The third-order valence-electron chi connectivity index (χ3n) is 4.86. The number of aliphatic hydroxyl groups excluding tert-OH is 1. The van der Waals surface area contributed by atoms with Crippen molar-refractivity contribution in [3.05, 3.63) is 53.9 Å². The minimum Gasteiger partial charge on any atom is -0.392 e. The molecule has 0 radical (unpaired) electrons. The van der Waals surface area contributed by atoms with E-state index in [4.69, 9.17) is 14.7 Å². The fraction of sp³-hybridized carbons (Fsp3) is 0.400. The van der Waals surface area contributed by atoms with Crippen LogP contribution in [-0.2, 0) is 11.3 Å². The van der Waals surface area contributed by atoms with Crippen LogP contribution in [0.3, 0.4) is 0 Å². The number of aliphatic hydroxyl groups is 1. The quantitative estimate of drug-likeness (QED) is 0.878. The zero-order chi connectivity index (χ0) is 17.8. The number of morpholine rings is 1. The predicted octanol–water partition coefficient (Wildman–Crippen LogP) is 2.06. The lowest BCUT2D eigenvalue weighted by Crippen LogP contribution is -2.37. The van der Waals surface area contributed by atoms with Crippen molar-refractivity contribution in [1.29, 1.82) is 0 Å². The fourth-order valence-corrected chi connectivity index (χ4v) is 3.38. The lowest BCUT2D eigenvalue weighted by atomic mass is 9.98. The molecule has 6 nitrogen and oxygen atoms in total. The van der Waals surface area contributed by atoms with E-state index in [1.165, 1.54) is 0 Å². The number of anilines is 1. The first kappa shape index (κ1) is 17.0. The number of hydrogen-bond donors (Lipinski definition) is 2. The lowest BCUT2D eigenvalue weighted by Gasteiger charge is -2.29. The number of hydrogen-bond acceptors (Lipinski definition) is 6. The molecule has 0 bridgehead atoms. The van der Waals surface area contributed by atoms with Gasteiger partial charge in [-0.1, -0.05) is 24.3 Å². The predicted molar refractivity (Wildman–Crippen MR) is 101 cm³/mol. The van der Waals surface area contributed by atoms with E-state index in [1.54, 1.807) is 0 Å². The number of rotatable bonds is 4. The Balaban J connectivity index is 1.76. The molecule has 136 valence electrons. The summed E-state index contributed by atoms with van der Waals surface area (Å²) in [6.07, 6.45) is 5.20. The zero-order valence-electron chi connectivity index (χ0n) is 14.8. The highest BCUT2D eigenvalue weighted by Crippen LogP contribution is 2.28. The van der Waals surface area contributed by atoms with Crippen LogP contribution in [0.25, 0.3) is 11.4 Å². The van der Waals surface area contributed by atoms with Gasteiger partial charge in [-0.3, -0.25) is 0 Å². The molecular formula is C20H24N4O2. The van der Waals surface area contributed by atoms with Crippen molar-refractivity contribution >= 4 is 5.82 Å². The van der Waals surface area contributed by atoms with Gasteiger partial charge in [-0.25, -0.2) is 9.97 Å². The molecule has 2 aromatic rings. The molecule has 0 saturated carbocycles. The SMILES string of the molecule is OCc1cccc(-c2nc(C3C=CNCC3)cc(N3CCOCC3)n2)c1. The Morgan fingerprint density at radius 3 is 2.85 bits per heavy atom. The molecule has 1 atom stereocenters. The summed E-state index contributed by atoms with van der Waals surface area (Å²) >= 11 is 0. The Hall–Kier alpha value is -2.44. The van der Waals surface area contributed by atoms with E-state index in [0.717, 1.165) is 61.9 Å². The van der Waals surface area contributed by atoms with Gasteiger partial charge in [0.25, 0.3) is 0 Å². The van der Waals surface area contributed by atoms with Gasteiger partial charge in [-0.2, -0.15) is 0 Å². The maximum absolute atomic E-state index is 9.45. The van der Waals surface area contributed by atoms with Gasteiger partial charge in [-0.15, -0.1) is 0 Å². The molecule has 0 spiro atoms. The average molecular weight is 352 g/mol. The van der Waals surface area contributed by atoms with Crippen LogP contribution in [0.1, 0.15) is 23.6 Å². The molecule has 0 aliphatic carbocycles. The van der Waals surface area contributed by atoms with Crippen molar-refractivity contribution in [3.8, 4) is 11.4 Å². The highest BCUT2D eigenvalue weighted by molar-refractivity contribution is 5.59. The average Bonchev–Trinajstić information content (AvgIpc) is 2.75. The molecule has 2 N–H and O–H groups in total. The third-order valence-corrected chi connectivity index (χ3v) is 4.86. The van der Waals surface area contributed by atoms with Gasteiger partial charge in [0.1, 0.15) is 5.82 Å². The normalized spacial score (nSPS) is 20.0. The molecule has 1 unspecified atom stereocenters. The topological polar surface area (TPSA) is 70.5 Å². The van der Waals surface area contributed by atoms with Crippen molar-refractivity contribution in [2.45, 2.75) is 18.9 Å². The largest absolute Gasteiger partial charge is 0.392 e. The summed E-state index contributed by atoms with van der Waals surface area (Å²) in [5, 5.41) is 12.7. The zero-order valence-corrected chi connectivity index (χ0v) is 14.8. The third kappa shape index (κ3) is 3.71. The van der Waals surface area contributed by atoms with Gasteiger partial charge in [0.2, 0.25) is 0 Å². The second kappa shape index (κ2) is 7.85. The maximum atomic E-state index is 9.45. The van der Waals surface area contributed by atoms with Crippen molar-refractivity contribution < 1.29 is 9.84 Å². The van der Waals surface area contributed by atoms with Crippen LogP contribution < -0.4 is 10.2 Å². The molecule has 1 fully saturated rings. The van der Waals surface area contributed by atoms with Crippen LogP contribution in [0.4, 0.5) is 5.82 Å². The van der Waals surface area contributed by atoms with Crippen LogP contribution in [-0.4, -0.2) is 47.9 Å². The standard InChI is InChI=1S/C20H24N4O2/c25-14-15-2-1-3-17(12-15)20-22-18(16-4-6-21-7-5-16)13-19(23-20)24-8-10-26-11-9-24/h1-4,6,12-13,16,21,25H,5,7-11,14H2. The van der Waals surface area contributed by atoms with Crippen molar-refractivity contribution in [2.75, 3.05) is 37.7 Å². The highest BCUT2D eigenvalue weighted by atomic mass is 16.5. The second-order valence-corrected chi connectivity index (χ2v) is 6.64. The molecule has 4 rings (SSSR count). The van der Waals surface area contributed by atoms with E-state index < -0.39 is 0 Å². The van der Waals surface area contributed by atoms with E-state index in [1.807, 2.05) is 30.5 Å². The van der Waals surface area contributed by atoms with E-state index in [2.05, 4.69) is 22.4 Å². The van der Waals surface area contributed by atoms with Crippen LogP contribution >= 0.6 is 0 Å². The lowest BCUT2D eigenvalue weighted by molar-refractivity contribution is 0.122. The minimum atomic E-state index is 0.0148. The summed E-state index contributed by atoms with van der Waals surface area (Å²) in [7, 11) is 0. The van der Waals surface area contributed by atoms with Gasteiger partial charge >= 0.3 is 0 Å². The minimum absolute atomic E-state index is 0.0148. The smallest absolute Gasteiger partial charge is 0.161 e. The van der Waals surface area contributed by atoms with Gasteiger partial charge in [0.05, 0.1) is 25.5 Å².